The maximum absolute atomic E-state index is 12.7. The molecule has 1 amide bonds. The number of nitrogens with two attached hydrogens (primary N) is 2. The molecular formula is C23H29N5O6S. The van der Waals surface area contributed by atoms with Gasteiger partial charge in [0.15, 0.2) is 0 Å². The van der Waals surface area contributed by atoms with Crippen molar-refractivity contribution in [3.8, 4) is 0 Å². The summed E-state index contributed by atoms with van der Waals surface area (Å²) in [6.07, 6.45) is 3.89. The van der Waals surface area contributed by atoms with E-state index in [1.165, 1.54) is 11.3 Å². The topological polar surface area (TPSA) is 173 Å². The Morgan fingerprint density at radius 1 is 1.14 bits per heavy atom. The second kappa shape index (κ2) is 12.2. The van der Waals surface area contributed by atoms with Crippen LogP contribution >= 0.6 is 11.3 Å². The third-order valence-electron chi connectivity index (χ3n) is 5.16. The SMILES string of the molecule is CCOC(=O)CCC(NC(=O)c1csc(CCCc2coc3nc(N)nc(N)c23)c1)C(=O)OCC. The first-order valence-electron chi connectivity index (χ1n) is 11.3. The van der Waals surface area contributed by atoms with E-state index in [9.17, 15) is 14.4 Å². The van der Waals surface area contributed by atoms with E-state index in [2.05, 4.69) is 15.3 Å². The predicted octanol–water partition coefficient (Wildman–Crippen LogP) is 2.63. The van der Waals surface area contributed by atoms with Gasteiger partial charge in [0.2, 0.25) is 11.7 Å². The fraction of sp³-hybridized carbons (Fsp3) is 0.435. The molecule has 35 heavy (non-hydrogen) atoms. The number of nitrogens with zero attached hydrogens (tertiary/aromatic N) is 2. The van der Waals surface area contributed by atoms with Gasteiger partial charge >= 0.3 is 11.9 Å². The number of aromatic nitrogens is 2. The number of anilines is 2. The van der Waals surface area contributed by atoms with Gasteiger partial charge in [0.25, 0.3) is 5.91 Å². The fourth-order valence-corrected chi connectivity index (χ4v) is 4.45. The van der Waals surface area contributed by atoms with Gasteiger partial charge < -0.3 is 30.7 Å². The lowest BCUT2D eigenvalue weighted by Gasteiger charge is -2.16. The first-order chi connectivity index (χ1) is 16.8. The number of furan rings is 1. The smallest absolute Gasteiger partial charge is 0.328 e. The zero-order chi connectivity index (χ0) is 25.4. The van der Waals surface area contributed by atoms with Crippen molar-refractivity contribution < 1.29 is 28.3 Å². The third-order valence-corrected chi connectivity index (χ3v) is 6.16. The molecule has 0 bridgehead atoms. The Hall–Kier alpha value is -3.67. The standard InChI is InChI=1S/C23H29N5O6S/c1-3-32-17(29)9-8-16(22(31)33-4-2)26-20(30)14-10-15(35-12-14)7-5-6-13-11-34-21-18(13)19(24)27-23(25)28-21/h10-12,16H,3-9H2,1-2H3,(H,26,30)(H4,24,25,27,28). The van der Waals surface area contributed by atoms with Crippen molar-refractivity contribution in [2.75, 3.05) is 24.7 Å². The summed E-state index contributed by atoms with van der Waals surface area (Å²) >= 11 is 1.45. The second-order valence-electron chi connectivity index (χ2n) is 7.69. The number of thiophene rings is 1. The van der Waals surface area contributed by atoms with Crippen molar-refractivity contribution in [3.63, 3.8) is 0 Å². The van der Waals surface area contributed by atoms with Crippen LogP contribution in [0.5, 0.6) is 0 Å². The molecule has 3 aromatic rings. The van der Waals surface area contributed by atoms with Crippen LogP contribution in [-0.4, -0.2) is 47.1 Å². The summed E-state index contributed by atoms with van der Waals surface area (Å²) in [4.78, 5) is 45.7. The Morgan fingerprint density at radius 2 is 1.91 bits per heavy atom. The highest BCUT2D eigenvalue weighted by Gasteiger charge is 2.24. The Bertz CT molecular complexity index is 1190. The number of nitrogen functional groups attached to an aromatic ring is 2. The van der Waals surface area contributed by atoms with Crippen LogP contribution in [0, 0.1) is 0 Å². The second-order valence-corrected chi connectivity index (χ2v) is 8.68. The van der Waals surface area contributed by atoms with E-state index in [0.717, 1.165) is 23.3 Å². The molecule has 3 heterocycles. The van der Waals surface area contributed by atoms with E-state index in [-0.39, 0.29) is 37.8 Å². The summed E-state index contributed by atoms with van der Waals surface area (Å²) in [7, 11) is 0. The van der Waals surface area contributed by atoms with E-state index in [1.807, 2.05) is 0 Å². The number of hydrogen-bond donors (Lipinski definition) is 3. The van der Waals surface area contributed by atoms with Gasteiger partial charge in [-0.05, 0) is 45.6 Å². The van der Waals surface area contributed by atoms with Gasteiger partial charge in [-0.3, -0.25) is 9.59 Å². The van der Waals surface area contributed by atoms with E-state index in [1.54, 1.807) is 31.6 Å². The molecule has 0 spiro atoms. The molecule has 0 aliphatic carbocycles. The molecule has 3 rings (SSSR count). The lowest BCUT2D eigenvalue weighted by atomic mass is 10.1. The number of fused-ring (bicyclic) bond motifs is 1. The van der Waals surface area contributed by atoms with Crippen LogP contribution < -0.4 is 16.8 Å². The molecule has 1 atom stereocenters. The number of nitrogens with one attached hydrogen (secondary N) is 1. The number of hydrogen-bond acceptors (Lipinski definition) is 11. The molecule has 188 valence electrons. The van der Waals surface area contributed by atoms with E-state index >= 15 is 0 Å². The largest absolute Gasteiger partial charge is 0.466 e. The van der Waals surface area contributed by atoms with Crippen LogP contribution in [-0.2, 0) is 31.9 Å². The molecule has 0 aliphatic heterocycles. The molecule has 12 heteroatoms. The fourth-order valence-electron chi connectivity index (χ4n) is 3.54. The highest BCUT2D eigenvalue weighted by atomic mass is 32.1. The summed E-state index contributed by atoms with van der Waals surface area (Å²) in [6, 6.07) is 0.852. The molecule has 0 aromatic carbocycles. The normalized spacial score (nSPS) is 11.8. The molecule has 1 unspecified atom stereocenters. The molecule has 0 fully saturated rings. The minimum absolute atomic E-state index is 0.00265. The van der Waals surface area contributed by atoms with Crippen LogP contribution in [0.3, 0.4) is 0 Å². The van der Waals surface area contributed by atoms with E-state index in [4.69, 9.17) is 25.4 Å². The Balaban J connectivity index is 1.57. The number of carbonyl (C=O) groups is 3. The zero-order valence-corrected chi connectivity index (χ0v) is 20.5. The summed E-state index contributed by atoms with van der Waals surface area (Å²) in [5.41, 5.74) is 13.3. The maximum Gasteiger partial charge on any atom is 0.328 e. The van der Waals surface area contributed by atoms with E-state index in [0.29, 0.717) is 23.1 Å². The molecule has 0 radical (unpaired) electrons. The lowest BCUT2D eigenvalue weighted by molar-refractivity contribution is -0.146. The predicted molar refractivity (Wildman–Crippen MR) is 131 cm³/mol. The van der Waals surface area contributed by atoms with Crippen LogP contribution in [0.4, 0.5) is 11.8 Å². The van der Waals surface area contributed by atoms with Crippen molar-refractivity contribution in [1.29, 1.82) is 0 Å². The number of rotatable bonds is 12. The molecule has 0 saturated heterocycles. The Morgan fingerprint density at radius 3 is 2.66 bits per heavy atom. The summed E-state index contributed by atoms with van der Waals surface area (Å²) < 4.78 is 15.4. The average molecular weight is 504 g/mol. The maximum atomic E-state index is 12.7. The molecule has 0 aliphatic rings. The highest BCUT2D eigenvalue weighted by Crippen LogP contribution is 2.27. The van der Waals surface area contributed by atoms with E-state index < -0.39 is 23.9 Å². The lowest BCUT2D eigenvalue weighted by Crippen LogP contribution is -2.42. The van der Waals surface area contributed by atoms with Crippen LogP contribution in [0.15, 0.2) is 22.1 Å². The summed E-state index contributed by atoms with van der Waals surface area (Å²) in [5, 5.41) is 5.07. The summed E-state index contributed by atoms with van der Waals surface area (Å²) in [6.45, 7) is 3.80. The van der Waals surface area contributed by atoms with Crippen molar-refractivity contribution >= 4 is 52.0 Å². The minimum Gasteiger partial charge on any atom is -0.466 e. The van der Waals surface area contributed by atoms with Crippen molar-refractivity contribution in [2.45, 2.75) is 52.0 Å². The van der Waals surface area contributed by atoms with Gasteiger partial charge in [0.05, 0.1) is 30.4 Å². The number of amides is 1. The van der Waals surface area contributed by atoms with Crippen LogP contribution in [0.25, 0.3) is 11.1 Å². The van der Waals surface area contributed by atoms with Gasteiger partial charge in [0, 0.05) is 22.2 Å². The van der Waals surface area contributed by atoms with Gasteiger partial charge in [-0.25, -0.2) is 4.79 Å². The molecule has 0 saturated carbocycles. The Kier molecular flexibility index (Phi) is 9.01. The third kappa shape index (κ3) is 6.92. The van der Waals surface area contributed by atoms with Crippen molar-refractivity contribution in [1.82, 2.24) is 15.3 Å². The molecule has 11 nitrogen and oxygen atoms in total. The van der Waals surface area contributed by atoms with Gasteiger partial charge in [-0.15, -0.1) is 11.3 Å². The Labute approximate surface area is 206 Å². The first-order valence-corrected chi connectivity index (χ1v) is 12.2. The highest BCUT2D eigenvalue weighted by molar-refractivity contribution is 7.10. The van der Waals surface area contributed by atoms with Gasteiger partial charge in [-0.2, -0.15) is 9.97 Å². The van der Waals surface area contributed by atoms with Crippen molar-refractivity contribution in [2.24, 2.45) is 0 Å². The molecule has 5 N–H and O–H groups in total. The number of aryl methyl sites for hydroxylation is 2. The van der Waals surface area contributed by atoms with Crippen molar-refractivity contribution in [3.05, 3.63) is 33.7 Å². The monoisotopic (exact) mass is 503 g/mol. The van der Waals surface area contributed by atoms with Gasteiger partial charge in [0.1, 0.15) is 11.9 Å². The average Bonchev–Trinajstić information content (AvgIpc) is 3.44. The van der Waals surface area contributed by atoms with Crippen LogP contribution in [0.1, 0.15) is 53.9 Å². The minimum atomic E-state index is -0.939. The molecular weight excluding hydrogens is 474 g/mol. The van der Waals surface area contributed by atoms with Gasteiger partial charge in [-0.1, -0.05) is 0 Å². The number of carbonyl (C=O) groups excluding carboxylic acids is 3. The first kappa shape index (κ1) is 25.9. The number of ether oxygens (including phenoxy) is 2. The molecule has 3 aromatic heterocycles. The number of esters is 2. The van der Waals surface area contributed by atoms with Crippen LogP contribution in [0.2, 0.25) is 0 Å². The summed E-state index contributed by atoms with van der Waals surface area (Å²) in [5.74, 6) is -1.08. The quantitative estimate of drug-likeness (QED) is 0.312. The zero-order valence-electron chi connectivity index (χ0n) is 19.7.